The number of carbonyl (C=O) groups is 1. The number of rotatable bonds is 0. The van der Waals surface area contributed by atoms with E-state index in [1.54, 1.807) is 0 Å². The van der Waals surface area contributed by atoms with Crippen LogP contribution in [0.4, 0.5) is 0 Å². The first-order chi connectivity index (χ1) is 3.70. The topological polar surface area (TPSA) is 20.3 Å². The highest BCUT2D eigenvalue weighted by atomic mass is 35.5. The van der Waals surface area contributed by atoms with E-state index in [9.17, 15) is 4.79 Å². The number of Topliss-reactive ketones (excluding diaryl/α,β-unsaturated/α-hetero) is 1. The van der Waals surface area contributed by atoms with Crippen LogP contribution in [0.25, 0.3) is 0 Å². The Morgan fingerprint density at radius 2 is 2.22 bits per heavy atom. The Bertz CT molecular complexity index is 116. The molecule has 9 heavy (non-hydrogen) atoms. The number of hydrogen-bond acceptors (Lipinski definition) is 2. The molecule has 0 N–H and O–H groups in total. The highest BCUT2D eigenvalue weighted by Gasteiger charge is 2.23. The van der Waals surface area contributed by atoms with Gasteiger partial charge in [0.2, 0.25) is 0 Å². The molecule has 1 rings (SSSR count). The fraction of sp³-hybridized carbons (Fsp3) is 0.833. The van der Waals surface area contributed by atoms with Crippen LogP contribution < -0.4 is 0 Å². The second-order valence-corrected chi connectivity index (χ2v) is 2.56. The van der Waals surface area contributed by atoms with Crippen LogP contribution in [-0.4, -0.2) is 30.8 Å². The zero-order chi connectivity index (χ0) is 6.15. The van der Waals surface area contributed by atoms with E-state index < -0.39 is 0 Å². The van der Waals surface area contributed by atoms with Gasteiger partial charge < -0.3 is 0 Å². The van der Waals surface area contributed by atoms with Crippen molar-refractivity contribution < 1.29 is 4.79 Å². The quantitative estimate of drug-likeness (QED) is 0.502. The number of likely N-dealkylation sites (tertiary alicyclic amines) is 1. The molecule has 0 aromatic heterocycles. The molecule has 0 saturated carbocycles. The Hall–Kier alpha value is -0.0800. The predicted octanol–water partition coefficient (Wildman–Crippen LogP) is 0.559. The molecule has 0 aliphatic carbocycles. The molecule has 1 atom stereocenters. The minimum Gasteiger partial charge on any atom is -0.298 e. The Morgan fingerprint density at radius 3 is 2.33 bits per heavy atom. The molecule has 1 aliphatic rings. The first-order valence-electron chi connectivity index (χ1n) is 2.91. The van der Waals surface area contributed by atoms with Gasteiger partial charge >= 0.3 is 0 Å². The smallest absolute Gasteiger partial charge is 0.150 e. The molecule has 0 bridgehead atoms. The number of likely N-dealkylation sites (N-methyl/N-ethyl adjacent to an activating group) is 1. The third-order valence-corrected chi connectivity index (χ3v) is 1.56. The maximum absolute atomic E-state index is 10.7. The highest BCUT2D eigenvalue weighted by molar-refractivity contribution is 5.85. The van der Waals surface area contributed by atoms with Crippen LogP contribution >= 0.6 is 12.4 Å². The van der Waals surface area contributed by atoms with E-state index in [0.29, 0.717) is 12.3 Å². The number of hydrogen-bond donors (Lipinski definition) is 0. The summed E-state index contributed by atoms with van der Waals surface area (Å²) in [4.78, 5) is 12.8. The maximum Gasteiger partial charge on any atom is 0.150 e. The van der Waals surface area contributed by atoms with Crippen molar-refractivity contribution in [2.45, 2.75) is 6.92 Å². The molecule has 0 aromatic rings. The summed E-state index contributed by atoms with van der Waals surface area (Å²) in [7, 11) is 1.97. The predicted molar refractivity (Wildman–Crippen MR) is 38.9 cm³/mol. The van der Waals surface area contributed by atoms with Gasteiger partial charge in [-0.05, 0) is 7.05 Å². The van der Waals surface area contributed by atoms with Crippen molar-refractivity contribution >= 4 is 18.2 Å². The van der Waals surface area contributed by atoms with E-state index in [2.05, 4.69) is 0 Å². The lowest BCUT2D eigenvalue weighted by atomic mass is 10.1. The Balaban J connectivity index is 0.000000640. The summed E-state index contributed by atoms with van der Waals surface area (Å²) in [6.07, 6.45) is 0. The fourth-order valence-corrected chi connectivity index (χ4v) is 1.06. The van der Waals surface area contributed by atoms with Crippen LogP contribution in [0.3, 0.4) is 0 Å². The monoisotopic (exact) mass is 149 g/mol. The molecule has 1 aliphatic heterocycles. The SMILES string of the molecule is CC1CN(C)CC1=O.Cl. The van der Waals surface area contributed by atoms with Gasteiger partial charge in [-0.3, -0.25) is 9.69 Å². The van der Waals surface area contributed by atoms with E-state index in [4.69, 9.17) is 0 Å². The Morgan fingerprint density at radius 1 is 1.67 bits per heavy atom. The van der Waals surface area contributed by atoms with E-state index in [0.717, 1.165) is 6.54 Å². The van der Waals surface area contributed by atoms with Gasteiger partial charge in [0.05, 0.1) is 6.54 Å². The summed E-state index contributed by atoms with van der Waals surface area (Å²) in [6.45, 7) is 3.58. The molecule has 0 aromatic carbocycles. The van der Waals surface area contributed by atoms with Crippen molar-refractivity contribution in [1.29, 1.82) is 0 Å². The molecular weight excluding hydrogens is 138 g/mol. The van der Waals surface area contributed by atoms with Gasteiger partial charge in [-0.25, -0.2) is 0 Å². The van der Waals surface area contributed by atoms with Gasteiger partial charge in [0.25, 0.3) is 0 Å². The molecule has 2 nitrogen and oxygen atoms in total. The number of halogens is 1. The second-order valence-electron chi connectivity index (χ2n) is 2.56. The lowest BCUT2D eigenvalue weighted by Gasteiger charge is -2.01. The first kappa shape index (κ1) is 8.92. The first-order valence-corrected chi connectivity index (χ1v) is 2.91. The van der Waals surface area contributed by atoms with Crippen molar-refractivity contribution in [2.24, 2.45) is 5.92 Å². The standard InChI is InChI=1S/C6H11NO.ClH/c1-5-3-7(2)4-6(5)8;/h5H,3-4H2,1-2H3;1H. The highest BCUT2D eigenvalue weighted by Crippen LogP contribution is 2.07. The zero-order valence-electron chi connectivity index (χ0n) is 5.76. The Labute approximate surface area is 61.6 Å². The fourth-order valence-electron chi connectivity index (χ4n) is 1.06. The maximum atomic E-state index is 10.7. The summed E-state index contributed by atoms with van der Waals surface area (Å²) < 4.78 is 0. The van der Waals surface area contributed by atoms with Crippen LogP contribution in [-0.2, 0) is 4.79 Å². The minimum absolute atomic E-state index is 0. The Kier molecular flexibility index (Phi) is 3.15. The average Bonchev–Trinajstić information content (AvgIpc) is 1.85. The van der Waals surface area contributed by atoms with E-state index >= 15 is 0 Å². The molecule has 0 amide bonds. The summed E-state index contributed by atoms with van der Waals surface area (Å²) >= 11 is 0. The van der Waals surface area contributed by atoms with Gasteiger partial charge in [0.1, 0.15) is 0 Å². The number of carbonyl (C=O) groups excluding carboxylic acids is 1. The lowest BCUT2D eigenvalue weighted by molar-refractivity contribution is -0.119. The lowest BCUT2D eigenvalue weighted by Crippen LogP contribution is -2.13. The molecule has 0 spiro atoms. The van der Waals surface area contributed by atoms with Gasteiger partial charge in [-0.2, -0.15) is 0 Å². The van der Waals surface area contributed by atoms with Gasteiger partial charge in [-0.1, -0.05) is 6.92 Å². The van der Waals surface area contributed by atoms with Crippen LogP contribution in [0.15, 0.2) is 0 Å². The van der Waals surface area contributed by atoms with Crippen LogP contribution in [0.1, 0.15) is 6.92 Å². The van der Waals surface area contributed by atoms with Gasteiger partial charge in [0, 0.05) is 12.5 Å². The summed E-state index contributed by atoms with van der Waals surface area (Å²) in [5, 5.41) is 0. The molecule has 0 radical (unpaired) electrons. The van der Waals surface area contributed by atoms with Crippen molar-refractivity contribution in [3.63, 3.8) is 0 Å². The minimum atomic E-state index is 0. The zero-order valence-corrected chi connectivity index (χ0v) is 6.57. The van der Waals surface area contributed by atoms with E-state index in [-0.39, 0.29) is 18.3 Å². The summed E-state index contributed by atoms with van der Waals surface area (Å²) in [5.41, 5.74) is 0. The van der Waals surface area contributed by atoms with E-state index in [1.165, 1.54) is 0 Å². The van der Waals surface area contributed by atoms with Crippen LogP contribution in [0.2, 0.25) is 0 Å². The molecule has 1 heterocycles. The largest absolute Gasteiger partial charge is 0.298 e. The van der Waals surface area contributed by atoms with Crippen molar-refractivity contribution in [1.82, 2.24) is 4.90 Å². The van der Waals surface area contributed by atoms with E-state index in [1.807, 2.05) is 18.9 Å². The summed E-state index contributed by atoms with van der Waals surface area (Å²) in [6, 6.07) is 0. The van der Waals surface area contributed by atoms with Gasteiger partial charge in [0.15, 0.2) is 5.78 Å². The molecular formula is C6H12ClNO. The number of nitrogens with zero attached hydrogens (tertiary/aromatic N) is 1. The third kappa shape index (κ3) is 1.95. The van der Waals surface area contributed by atoms with Crippen LogP contribution in [0, 0.1) is 5.92 Å². The molecule has 1 fully saturated rings. The molecule has 1 unspecified atom stereocenters. The average molecular weight is 150 g/mol. The normalized spacial score (nSPS) is 28.2. The van der Waals surface area contributed by atoms with Crippen molar-refractivity contribution in [3.8, 4) is 0 Å². The van der Waals surface area contributed by atoms with Crippen molar-refractivity contribution in [3.05, 3.63) is 0 Å². The summed E-state index contributed by atoms with van der Waals surface area (Å²) in [5.74, 6) is 0.660. The molecule has 3 heteroatoms. The second kappa shape index (κ2) is 3.18. The van der Waals surface area contributed by atoms with Gasteiger partial charge in [-0.15, -0.1) is 12.4 Å². The number of ketones is 1. The third-order valence-electron chi connectivity index (χ3n) is 1.56. The molecule has 1 saturated heterocycles. The van der Waals surface area contributed by atoms with Crippen LogP contribution in [0.5, 0.6) is 0 Å². The molecule has 54 valence electrons. The van der Waals surface area contributed by atoms with Crippen molar-refractivity contribution in [2.75, 3.05) is 20.1 Å².